The van der Waals surface area contributed by atoms with Crippen molar-refractivity contribution in [1.82, 2.24) is 74.1 Å². The zero-order chi connectivity index (χ0) is 86.3. The number of hydrogen-bond acceptors (Lipinski definition) is 23. The van der Waals surface area contributed by atoms with Gasteiger partial charge in [0.2, 0.25) is 88.6 Å². The van der Waals surface area contributed by atoms with Gasteiger partial charge in [0.15, 0.2) is 0 Å². The number of fused-ring (bicyclic) bond motifs is 1. The van der Waals surface area contributed by atoms with Crippen molar-refractivity contribution in [3.63, 3.8) is 0 Å². The van der Waals surface area contributed by atoms with Crippen molar-refractivity contribution in [2.75, 3.05) is 26.2 Å². The third-order valence-electron chi connectivity index (χ3n) is 18.7. The molecule has 1 saturated heterocycles. The monoisotopic (exact) mass is 1630 g/mol. The number of amides is 15. The van der Waals surface area contributed by atoms with E-state index in [0.717, 1.165) is 52.4 Å². The van der Waals surface area contributed by atoms with Crippen molar-refractivity contribution in [1.29, 1.82) is 0 Å². The Morgan fingerprint density at radius 1 is 0.522 bits per heavy atom. The van der Waals surface area contributed by atoms with Gasteiger partial charge in [-0.25, -0.2) is 4.79 Å². The molecule has 1 aromatic heterocycles. The highest BCUT2D eigenvalue weighted by atomic mass is 16.5. The number of para-hydroxylation sites is 1. The number of benzene rings is 1. The van der Waals surface area contributed by atoms with Crippen LogP contribution < -0.4 is 86.3 Å². The predicted molar refractivity (Wildman–Crippen MR) is 402 cm³/mol. The Morgan fingerprint density at radius 2 is 1.03 bits per heavy atom. The Morgan fingerprint density at radius 3 is 1.58 bits per heavy atom. The number of aliphatic hydroxyl groups is 1. The van der Waals surface area contributed by atoms with Gasteiger partial charge in [-0.3, -0.25) is 91.1 Å². The van der Waals surface area contributed by atoms with E-state index in [9.17, 15) is 121 Å². The molecule has 638 valence electrons. The summed E-state index contributed by atoms with van der Waals surface area (Å²) in [6.07, 6.45) is -0.972. The zero-order valence-corrected chi connectivity index (χ0v) is 64.9. The first-order valence-corrected chi connectivity index (χ1v) is 37.6. The maximum Gasteiger partial charge on any atom is 0.329 e. The van der Waals surface area contributed by atoms with Crippen molar-refractivity contribution in [2.24, 2.45) is 35.0 Å². The molecule has 0 spiro atoms. The summed E-state index contributed by atoms with van der Waals surface area (Å²) >= 11 is 0. The van der Waals surface area contributed by atoms with E-state index in [1.54, 1.807) is 30.5 Å². The maximum atomic E-state index is 14.7. The van der Waals surface area contributed by atoms with Gasteiger partial charge in [-0.15, -0.1) is 0 Å². The van der Waals surface area contributed by atoms with Crippen LogP contribution in [-0.2, 0) is 107 Å². The summed E-state index contributed by atoms with van der Waals surface area (Å²) < 4.78 is 5.73. The molecule has 0 bridgehead atoms. The van der Waals surface area contributed by atoms with E-state index in [-0.39, 0.29) is 32.2 Å². The summed E-state index contributed by atoms with van der Waals surface area (Å²) in [6, 6.07) is -15.5. The quantitative estimate of drug-likeness (QED) is 0.0220. The van der Waals surface area contributed by atoms with Gasteiger partial charge in [-0.1, -0.05) is 104 Å². The first kappa shape index (κ1) is 97.3. The van der Waals surface area contributed by atoms with Crippen LogP contribution >= 0.6 is 0 Å². The van der Waals surface area contributed by atoms with E-state index in [0.29, 0.717) is 35.2 Å². The Labute approximate surface area is 660 Å². The number of H-pyrrole nitrogens is 1. The minimum Gasteiger partial charge on any atom is -0.481 e. The van der Waals surface area contributed by atoms with E-state index < -0.39 is 267 Å². The molecule has 0 radical (unpaired) electrons. The minimum absolute atomic E-state index is 0.00700. The molecule has 15 amide bonds. The molecule has 43 heteroatoms. The molecule has 1 aliphatic rings. The van der Waals surface area contributed by atoms with Crippen LogP contribution in [0.1, 0.15) is 163 Å². The molecule has 15 unspecified atom stereocenters. The standard InChI is InChI=1S/C72H109N17O26/c1-7-35(3)18-13-11-9-10-12-14-22-52(93)80-43(25-39-31-76-41-20-16-15-19-40(39)41)64(106)82-45(27-51(75)92)66(108)86-48(30-58(102)103)68(110)89-61-38(6)115-72(114)60(36(4)8-2)88-71(113)59(37(5)24-55(96)97)87-69(111)49(34-90)81-54(95)32-77-62(104)46(28-56(98)99)84-65(107)44(26-50(74)91)83-67(109)47(29-57(100)101)85-63(105)42(21-17-23-73)79-53(94)33-78-70(61)112/h15-16,19-20,31,35-38,42-49,59-61,76,90H,7-14,17-18,21-30,32-34,73H2,1-6H3,(H2,74,91)(H2,75,92)(H,77,104)(H,78,112)(H,79,94)(H,80,93)(H,81,95)(H,82,106)(H,83,109)(H,84,107)(H,85,105)(H,86,108)(H,87,111)(H,88,113)(H,89,110)(H,96,97)(H,98,99)(H,100,101)(H,102,103). The number of nitrogens with one attached hydrogen (secondary N) is 14. The summed E-state index contributed by atoms with van der Waals surface area (Å²) in [6.45, 7) is 5.45. The molecular formula is C72H109N17O26. The second-order valence-electron chi connectivity index (χ2n) is 28.1. The average molecular weight is 1630 g/mol. The molecule has 25 N–H and O–H groups in total. The number of carbonyl (C=O) groups excluding carboxylic acids is 16. The van der Waals surface area contributed by atoms with Gasteiger partial charge < -0.3 is 122 Å². The Balaban J connectivity index is 2.22. The molecule has 0 saturated carbocycles. The summed E-state index contributed by atoms with van der Waals surface area (Å²) in [5, 5.41) is 78.7. The fourth-order valence-electron chi connectivity index (χ4n) is 11.9. The first-order valence-electron chi connectivity index (χ1n) is 37.6. The first-order chi connectivity index (χ1) is 54.2. The van der Waals surface area contributed by atoms with Crippen molar-refractivity contribution in [3.8, 4) is 0 Å². The average Bonchev–Trinajstić information content (AvgIpc) is 1.76. The van der Waals surface area contributed by atoms with E-state index in [1.165, 1.54) is 13.8 Å². The number of carboxylic acid groups (broad SMARTS) is 4. The van der Waals surface area contributed by atoms with Gasteiger partial charge in [0.1, 0.15) is 72.6 Å². The summed E-state index contributed by atoms with van der Waals surface area (Å²) in [5.74, 6) is -30.2. The van der Waals surface area contributed by atoms with Gasteiger partial charge in [0.05, 0.1) is 58.2 Å². The van der Waals surface area contributed by atoms with Gasteiger partial charge in [0.25, 0.3) is 0 Å². The lowest BCUT2D eigenvalue weighted by Gasteiger charge is -2.31. The van der Waals surface area contributed by atoms with Crippen LogP contribution in [0.3, 0.4) is 0 Å². The highest BCUT2D eigenvalue weighted by molar-refractivity contribution is 6.02. The maximum absolute atomic E-state index is 14.7. The van der Waals surface area contributed by atoms with Crippen LogP contribution in [0.4, 0.5) is 0 Å². The fourth-order valence-corrected chi connectivity index (χ4v) is 11.9. The van der Waals surface area contributed by atoms with Gasteiger partial charge in [0, 0.05) is 29.9 Å². The number of hydrogen-bond donors (Lipinski definition) is 22. The van der Waals surface area contributed by atoms with Crippen LogP contribution in [0.2, 0.25) is 0 Å². The van der Waals surface area contributed by atoms with Gasteiger partial charge in [-0.05, 0) is 62.1 Å². The van der Waals surface area contributed by atoms with Crippen LogP contribution in [0.5, 0.6) is 0 Å². The number of nitrogens with two attached hydrogens (primary N) is 3. The third-order valence-corrected chi connectivity index (χ3v) is 18.7. The Bertz CT molecular complexity index is 3800. The zero-order valence-electron chi connectivity index (χ0n) is 64.9. The topological polar surface area (TPSA) is 702 Å². The number of esters is 1. The van der Waals surface area contributed by atoms with E-state index in [2.05, 4.69) is 66.7 Å². The molecule has 43 nitrogen and oxygen atoms in total. The number of carbonyl (C=O) groups is 20. The summed E-state index contributed by atoms with van der Waals surface area (Å²) in [7, 11) is 0. The van der Waals surface area contributed by atoms with Crippen LogP contribution in [0.25, 0.3) is 10.9 Å². The molecular weight excluding hydrogens is 1520 g/mol. The Hall–Kier alpha value is -11.9. The Kier molecular flexibility index (Phi) is 41.9. The highest BCUT2D eigenvalue weighted by Crippen LogP contribution is 2.22. The van der Waals surface area contributed by atoms with Crippen molar-refractivity contribution < 1.29 is 126 Å². The number of unbranched alkanes of at least 4 members (excludes halogenated alkanes) is 5. The van der Waals surface area contributed by atoms with Crippen molar-refractivity contribution >= 4 is 129 Å². The molecule has 3 rings (SSSR count). The molecule has 15 atom stereocenters. The molecule has 1 fully saturated rings. The molecule has 1 aliphatic heterocycles. The normalized spacial score (nSPS) is 21.8. The van der Waals surface area contributed by atoms with E-state index in [4.69, 9.17) is 21.9 Å². The van der Waals surface area contributed by atoms with E-state index >= 15 is 0 Å². The highest BCUT2D eigenvalue weighted by Gasteiger charge is 2.42. The molecule has 115 heavy (non-hydrogen) atoms. The second kappa shape index (κ2) is 49.6. The predicted octanol–water partition coefficient (Wildman–Crippen LogP) is -5.55. The number of aliphatic carboxylic acids is 4. The molecule has 0 aliphatic carbocycles. The van der Waals surface area contributed by atoms with Crippen LogP contribution in [-0.4, -0.2) is 248 Å². The summed E-state index contributed by atoms with van der Waals surface area (Å²) in [4.78, 5) is 274. The number of primary amides is 2. The van der Waals surface area contributed by atoms with Crippen LogP contribution in [0, 0.1) is 17.8 Å². The number of aromatic amines is 1. The van der Waals surface area contributed by atoms with Crippen molar-refractivity contribution in [3.05, 3.63) is 36.0 Å². The van der Waals surface area contributed by atoms with Gasteiger partial charge in [-0.2, -0.15) is 0 Å². The number of aliphatic hydroxyl groups excluding tert-OH is 1. The number of ether oxygens (including phenoxy) is 1. The molecule has 2 aromatic rings. The minimum atomic E-state index is -2.35. The lowest BCUT2D eigenvalue weighted by Crippen LogP contribution is -2.62. The summed E-state index contributed by atoms with van der Waals surface area (Å²) in [5.41, 5.74) is 17.8. The lowest BCUT2D eigenvalue weighted by atomic mass is 9.94. The van der Waals surface area contributed by atoms with Gasteiger partial charge >= 0.3 is 29.8 Å². The number of carboxylic acids is 4. The van der Waals surface area contributed by atoms with Crippen LogP contribution in [0.15, 0.2) is 30.5 Å². The largest absolute Gasteiger partial charge is 0.481 e. The second-order valence-corrected chi connectivity index (χ2v) is 28.1. The number of rotatable bonds is 38. The van der Waals surface area contributed by atoms with E-state index in [1.807, 2.05) is 21.3 Å². The fraction of sp³-hybridized carbons (Fsp3) is 0.611. The lowest BCUT2D eigenvalue weighted by molar-refractivity contribution is -0.158. The number of aromatic nitrogens is 1. The van der Waals surface area contributed by atoms with Crippen molar-refractivity contribution in [2.45, 2.75) is 236 Å². The third kappa shape index (κ3) is 34.9. The number of cyclic esters (lactones) is 1. The SMILES string of the molecule is CCC(C)CCCCCCCCC(=O)NC(Cc1c[nH]c2ccccc12)C(=O)NC(CC(N)=O)C(=O)NC(CC(=O)O)C(=O)NC1C(=O)NCC(=O)NC(CCCN)C(=O)NC(CC(=O)O)C(=O)NC(CC(N)=O)C(=O)NC(CC(=O)O)C(=O)NCC(=O)NC(CO)C(=O)NC(C(C)CC(=O)O)C(=O)NC(C(C)CC)C(=O)OC1C. The molecule has 1 aromatic carbocycles. The smallest absolute Gasteiger partial charge is 0.329 e. The molecule has 2 heterocycles.